The molecule has 0 radical (unpaired) electrons. The highest BCUT2D eigenvalue weighted by Crippen LogP contribution is 2.16. The standard InChI is InChI=1S/C9H9N3O2/c1-5-2-3-6-7(4-5)14-9(11-6)8(10)12-13/h2-4,13H,1H3,(H2,10,12). The topological polar surface area (TPSA) is 84.6 Å². The molecule has 0 fully saturated rings. The molecule has 1 aromatic heterocycles. The maximum atomic E-state index is 8.43. The van der Waals surface area contributed by atoms with Gasteiger partial charge in [0.2, 0.25) is 5.84 Å². The summed E-state index contributed by atoms with van der Waals surface area (Å²) < 4.78 is 5.27. The van der Waals surface area contributed by atoms with Crippen LogP contribution < -0.4 is 5.73 Å². The van der Waals surface area contributed by atoms with Gasteiger partial charge in [0.25, 0.3) is 5.89 Å². The second-order valence-corrected chi connectivity index (χ2v) is 2.98. The molecule has 0 saturated heterocycles. The lowest BCUT2D eigenvalue weighted by molar-refractivity contribution is 0.317. The molecule has 0 bridgehead atoms. The number of aromatic nitrogens is 1. The minimum atomic E-state index is -0.126. The normalized spacial score (nSPS) is 12.2. The van der Waals surface area contributed by atoms with Crippen LogP contribution in [-0.4, -0.2) is 16.0 Å². The Balaban J connectivity index is 2.62. The number of aryl methyl sites for hydroxylation is 1. The van der Waals surface area contributed by atoms with Gasteiger partial charge < -0.3 is 15.4 Å². The molecule has 5 nitrogen and oxygen atoms in total. The molecular weight excluding hydrogens is 182 g/mol. The first kappa shape index (κ1) is 8.55. The van der Waals surface area contributed by atoms with Crippen molar-refractivity contribution in [1.82, 2.24) is 4.98 Å². The number of nitrogens with two attached hydrogens (primary N) is 1. The average molecular weight is 191 g/mol. The third-order valence-corrected chi connectivity index (χ3v) is 1.87. The highest BCUT2D eigenvalue weighted by molar-refractivity contribution is 5.94. The molecular formula is C9H9N3O2. The fourth-order valence-electron chi connectivity index (χ4n) is 1.18. The molecule has 5 heteroatoms. The van der Waals surface area contributed by atoms with Gasteiger partial charge >= 0.3 is 0 Å². The Morgan fingerprint density at radius 3 is 3.07 bits per heavy atom. The summed E-state index contributed by atoms with van der Waals surface area (Å²) >= 11 is 0. The zero-order valence-electron chi connectivity index (χ0n) is 7.56. The van der Waals surface area contributed by atoms with Gasteiger partial charge in [-0.15, -0.1) is 0 Å². The lowest BCUT2D eigenvalue weighted by atomic mass is 10.2. The lowest BCUT2D eigenvalue weighted by Crippen LogP contribution is -2.13. The molecule has 2 rings (SSSR count). The van der Waals surface area contributed by atoms with E-state index < -0.39 is 0 Å². The summed E-state index contributed by atoms with van der Waals surface area (Å²) in [4.78, 5) is 4.04. The molecule has 0 atom stereocenters. The fraction of sp³-hybridized carbons (Fsp3) is 0.111. The quantitative estimate of drug-likeness (QED) is 0.307. The maximum Gasteiger partial charge on any atom is 0.266 e. The van der Waals surface area contributed by atoms with Crippen molar-refractivity contribution in [2.45, 2.75) is 6.92 Å². The Labute approximate surface area is 79.8 Å². The summed E-state index contributed by atoms with van der Waals surface area (Å²) in [7, 11) is 0. The van der Waals surface area contributed by atoms with Gasteiger partial charge in [-0.2, -0.15) is 0 Å². The van der Waals surface area contributed by atoms with Crippen molar-refractivity contribution in [1.29, 1.82) is 0 Å². The van der Waals surface area contributed by atoms with Crippen LogP contribution in [0.3, 0.4) is 0 Å². The fourth-order valence-corrected chi connectivity index (χ4v) is 1.18. The number of fused-ring (bicyclic) bond motifs is 1. The van der Waals surface area contributed by atoms with Crippen molar-refractivity contribution in [2.24, 2.45) is 10.9 Å². The first-order chi connectivity index (χ1) is 6.70. The average Bonchev–Trinajstić information content (AvgIpc) is 2.59. The van der Waals surface area contributed by atoms with E-state index >= 15 is 0 Å². The number of rotatable bonds is 1. The third kappa shape index (κ3) is 1.28. The van der Waals surface area contributed by atoms with Gasteiger partial charge in [0.1, 0.15) is 5.52 Å². The van der Waals surface area contributed by atoms with E-state index in [0.29, 0.717) is 11.1 Å². The van der Waals surface area contributed by atoms with Gasteiger partial charge in [0.15, 0.2) is 5.58 Å². The molecule has 2 aromatic rings. The number of oxazole rings is 1. The molecule has 1 aromatic carbocycles. The minimum absolute atomic E-state index is 0.126. The number of benzene rings is 1. The third-order valence-electron chi connectivity index (χ3n) is 1.87. The van der Waals surface area contributed by atoms with Crippen LogP contribution in [0, 0.1) is 6.92 Å². The maximum absolute atomic E-state index is 8.43. The molecule has 3 N–H and O–H groups in total. The van der Waals surface area contributed by atoms with Gasteiger partial charge in [-0.25, -0.2) is 4.98 Å². The van der Waals surface area contributed by atoms with Crippen LogP contribution in [0.2, 0.25) is 0 Å². The van der Waals surface area contributed by atoms with Crippen LogP contribution >= 0.6 is 0 Å². The largest absolute Gasteiger partial charge is 0.434 e. The number of oxime groups is 1. The Bertz CT molecular complexity index is 502. The smallest absolute Gasteiger partial charge is 0.266 e. The highest BCUT2D eigenvalue weighted by Gasteiger charge is 2.09. The second-order valence-electron chi connectivity index (χ2n) is 2.98. The monoisotopic (exact) mass is 191 g/mol. The van der Waals surface area contributed by atoms with Crippen molar-refractivity contribution in [3.05, 3.63) is 29.7 Å². The van der Waals surface area contributed by atoms with E-state index in [2.05, 4.69) is 10.1 Å². The summed E-state index contributed by atoms with van der Waals surface area (Å²) in [6, 6.07) is 5.58. The van der Waals surface area contributed by atoms with E-state index in [1.807, 2.05) is 25.1 Å². The Morgan fingerprint density at radius 2 is 2.36 bits per heavy atom. The molecule has 0 unspecified atom stereocenters. The number of hydrogen-bond donors (Lipinski definition) is 2. The van der Waals surface area contributed by atoms with Crippen LogP contribution in [0.4, 0.5) is 0 Å². The van der Waals surface area contributed by atoms with Crippen molar-refractivity contribution in [3.63, 3.8) is 0 Å². The number of hydrogen-bond acceptors (Lipinski definition) is 4. The summed E-state index contributed by atoms with van der Waals surface area (Å²) in [5, 5.41) is 11.2. The Morgan fingerprint density at radius 1 is 1.57 bits per heavy atom. The van der Waals surface area contributed by atoms with Crippen molar-refractivity contribution < 1.29 is 9.62 Å². The van der Waals surface area contributed by atoms with E-state index in [9.17, 15) is 0 Å². The molecule has 0 aliphatic heterocycles. The SMILES string of the molecule is Cc1ccc2nc(/C(N)=N/O)oc2c1. The summed E-state index contributed by atoms with van der Waals surface area (Å²) in [5.74, 6) is 0.00644. The first-order valence-electron chi connectivity index (χ1n) is 4.06. The zero-order valence-corrected chi connectivity index (χ0v) is 7.56. The number of amidine groups is 1. The van der Waals surface area contributed by atoms with Gasteiger partial charge in [0.05, 0.1) is 0 Å². The van der Waals surface area contributed by atoms with E-state index in [1.165, 1.54) is 0 Å². The van der Waals surface area contributed by atoms with Gasteiger partial charge in [-0.05, 0) is 24.6 Å². The molecule has 0 aliphatic rings. The Hall–Kier alpha value is -2.04. The van der Waals surface area contributed by atoms with Crippen LogP contribution in [0.15, 0.2) is 27.8 Å². The predicted molar refractivity (Wildman–Crippen MR) is 51.3 cm³/mol. The van der Waals surface area contributed by atoms with Gasteiger partial charge in [-0.1, -0.05) is 11.2 Å². The molecule has 1 heterocycles. The van der Waals surface area contributed by atoms with Crippen LogP contribution in [0.1, 0.15) is 11.5 Å². The summed E-state index contributed by atoms with van der Waals surface area (Å²) in [6.45, 7) is 1.95. The summed E-state index contributed by atoms with van der Waals surface area (Å²) in [6.07, 6.45) is 0. The molecule has 0 spiro atoms. The van der Waals surface area contributed by atoms with Crippen LogP contribution in [-0.2, 0) is 0 Å². The predicted octanol–water partition coefficient (Wildman–Crippen LogP) is 1.23. The molecule has 0 amide bonds. The van der Waals surface area contributed by atoms with Crippen molar-refractivity contribution >= 4 is 16.9 Å². The zero-order chi connectivity index (χ0) is 10.1. The molecule has 72 valence electrons. The highest BCUT2D eigenvalue weighted by atomic mass is 16.4. The molecule has 0 saturated carbocycles. The molecule has 0 aliphatic carbocycles. The second kappa shape index (κ2) is 3.02. The number of nitrogens with zero attached hydrogens (tertiary/aromatic N) is 2. The van der Waals surface area contributed by atoms with E-state index in [-0.39, 0.29) is 11.7 Å². The summed E-state index contributed by atoms with van der Waals surface area (Å²) in [5.41, 5.74) is 7.73. The Kier molecular flexibility index (Phi) is 1.85. The van der Waals surface area contributed by atoms with Crippen molar-refractivity contribution in [2.75, 3.05) is 0 Å². The van der Waals surface area contributed by atoms with E-state index in [1.54, 1.807) is 0 Å². The van der Waals surface area contributed by atoms with Crippen molar-refractivity contribution in [3.8, 4) is 0 Å². The molecule has 14 heavy (non-hydrogen) atoms. The van der Waals surface area contributed by atoms with E-state index in [4.69, 9.17) is 15.4 Å². The van der Waals surface area contributed by atoms with Gasteiger partial charge in [0, 0.05) is 0 Å². The first-order valence-corrected chi connectivity index (χ1v) is 4.06. The van der Waals surface area contributed by atoms with Gasteiger partial charge in [-0.3, -0.25) is 0 Å². The van der Waals surface area contributed by atoms with E-state index in [0.717, 1.165) is 5.56 Å². The van der Waals surface area contributed by atoms with Crippen LogP contribution in [0.5, 0.6) is 0 Å². The minimum Gasteiger partial charge on any atom is -0.434 e. The van der Waals surface area contributed by atoms with Crippen LogP contribution in [0.25, 0.3) is 11.1 Å². The lowest BCUT2D eigenvalue weighted by Gasteiger charge is -1.88.